The molecular weight excluding hydrogens is 416 g/mol. The van der Waals surface area contributed by atoms with Crippen molar-refractivity contribution >= 4 is 27.6 Å². The first kappa shape index (κ1) is 21.5. The summed E-state index contributed by atoms with van der Waals surface area (Å²) < 4.78 is 32.4. The molecule has 2 heterocycles. The molecule has 7 nitrogen and oxygen atoms in total. The predicted octanol–water partition coefficient (Wildman–Crippen LogP) is 3.00. The van der Waals surface area contributed by atoms with Crippen molar-refractivity contribution in [3.8, 4) is 0 Å². The topological polar surface area (TPSA) is 84.0 Å². The number of methoxy groups -OCH3 is 1. The molecular formula is C23H26N2O5S. The maximum atomic E-state index is 13.3. The highest BCUT2D eigenvalue weighted by molar-refractivity contribution is 7.89. The van der Waals surface area contributed by atoms with E-state index in [1.165, 1.54) is 40.6 Å². The van der Waals surface area contributed by atoms with Crippen molar-refractivity contribution < 1.29 is 22.7 Å². The molecule has 0 radical (unpaired) electrons. The standard InChI is InChI=1S/C23H26N2O5S/c1-30-23(27)21-16-18-8-4-5-9-20(18)25(21)22(26)17-10-12-19(13-11-17)31(28,29)24-14-6-2-3-7-15-24/h4-5,8-13,21H,2-3,6-7,14-16H2,1H3. The number of fused-ring (bicyclic) bond motifs is 1. The molecule has 0 aliphatic carbocycles. The van der Waals surface area contributed by atoms with Gasteiger partial charge in [-0.15, -0.1) is 0 Å². The molecule has 1 amide bonds. The molecule has 1 atom stereocenters. The number of amides is 1. The summed E-state index contributed by atoms with van der Waals surface area (Å²) in [6, 6.07) is 12.6. The fraction of sp³-hybridized carbons (Fsp3) is 0.391. The first-order valence-corrected chi connectivity index (χ1v) is 12.0. The van der Waals surface area contributed by atoms with Crippen LogP contribution in [0.3, 0.4) is 0 Å². The zero-order chi connectivity index (χ0) is 22.0. The Morgan fingerprint density at radius 3 is 2.23 bits per heavy atom. The number of esters is 1. The van der Waals surface area contributed by atoms with Crippen LogP contribution in [-0.4, -0.2) is 50.8 Å². The number of nitrogens with zero attached hydrogens (tertiary/aromatic N) is 2. The second-order valence-corrected chi connectivity index (χ2v) is 9.83. The van der Waals surface area contributed by atoms with Gasteiger partial charge in [-0.2, -0.15) is 4.31 Å². The van der Waals surface area contributed by atoms with Gasteiger partial charge < -0.3 is 4.74 Å². The van der Waals surface area contributed by atoms with Gasteiger partial charge in [0.15, 0.2) is 0 Å². The number of carbonyl (C=O) groups is 2. The largest absolute Gasteiger partial charge is 0.467 e. The molecule has 2 aromatic rings. The van der Waals surface area contributed by atoms with Crippen molar-refractivity contribution in [2.75, 3.05) is 25.1 Å². The van der Waals surface area contributed by atoms with Crippen LogP contribution in [0.4, 0.5) is 5.69 Å². The van der Waals surface area contributed by atoms with Crippen LogP contribution in [0.1, 0.15) is 41.6 Å². The van der Waals surface area contributed by atoms with Crippen LogP contribution in [0.25, 0.3) is 0 Å². The van der Waals surface area contributed by atoms with Crippen LogP contribution in [0.5, 0.6) is 0 Å². The lowest BCUT2D eigenvalue weighted by molar-refractivity contribution is -0.141. The average molecular weight is 443 g/mol. The SMILES string of the molecule is COC(=O)C1Cc2ccccc2N1C(=O)c1ccc(S(=O)(=O)N2CCCCCC2)cc1. The zero-order valence-corrected chi connectivity index (χ0v) is 18.3. The highest BCUT2D eigenvalue weighted by atomic mass is 32.2. The third-order valence-electron chi connectivity index (χ3n) is 5.97. The maximum absolute atomic E-state index is 13.3. The molecule has 31 heavy (non-hydrogen) atoms. The number of para-hydroxylation sites is 1. The fourth-order valence-electron chi connectivity index (χ4n) is 4.30. The Labute approximate surface area is 182 Å². The second-order valence-electron chi connectivity index (χ2n) is 7.89. The third kappa shape index (κ3) is 4.09. The molecule has 1 saturated heterocycles. The van der Waals surface area contributed by atoms with E-state index >= 15 is 0 Å². The van der Waals surface area contributed by atoms with Crippen molar-refractivity contribution in [2.45, 2.75) is 43.0 Å². The van der Waals surface area contributed by atoms with E-state index in [1.54, 1.807) is 6.07 Å². The number of benzene rings is 2. The Hall–Kier alpha value is -2.71. The van der Waals surface area contributed by atoms with E-state index in [-0.39, 0.29) is 10.8 Å². The summed E-state index contributed by atoms with van der Waals surface area (Å²) in [7, 11) is -2.29. The molecule has 0 aromatic heterocycles. The van der Waals surface area contributed by atoms with E-state index < -0.39 is 22.0 Å². The van der Waals surface area contributed by atoms with Crippen LogP contribution in [-0.2, 0) is 26.0 Å². The van der Waals surface area contributed by atoms with Gasteiger partial charge in [-0.3, -0.25) is 9.69 Å². The summed E-state index contributed by atoms with van der Waals surface area (Å²) in [5.74, 6) is -0.844. The minimum Gasteiger partial charge on any atom is -0.467 e. The van der Waals surface area contributed by atoms with Crippen molar-refractivity contribution in [1.82, 2.24) is 4.31 Å². The van der Waals surface area contributed by atoms with Gasteiger partial charge in [0.2, 0.25) is 10.0 Å². The van der Waals surface area contributed by atoms with Gasteiger partial charge in [-0.05, 0) is 48.7 Å². The first-order chi connectivity index (χ1) is 14.9. The van der Waals surface area contributed by atoms with Crippen LogP contribution >= 0.6 is 0 Å². The van der Waals surface area contributed by atoms with Gasteiger partial charge in [-0.1, -0.05) is 31.0 Å². The summed E-state index contributed by atoms with van der Waals surface area (Å²) >= 11 is 0. The molecule has 0 saturated carbocycles. The molecule has 2 aromatic carbocycles. The van der Waals surface area contributed by atoms with E-state index in [1.807, 2.05) is 18.2 Å². The molecule has 2 aliphatic heterocycles. The number of hydrogen-bond donors (Lipinski definition) is 0. The van der Waals surface area contributed by atoms with E-state index in [2.05, 4.69) is 0 Å². The summed E-state index contributed by atoms with van der Waals surface area (Å²) in [5, 5.41) is 0. The minimum atomic E-state index is -3.59. The van der Waals surface area contributed by atoms with E-state index in [0.717, 1.165) is 31.2 Å². The molecule has 1 fully saturated rings. The number of rotatable bonds is 4. The highest BCUT2D eigenvalue weighted by Crippen LogP contribution is 2.34. The monoisotopic (exact) mass is 442 g/mol. The third-order valence-corrected chi connectivity index (χ3v) is 7.89. The lowest BCUT2D eigenvalue weighted by Gasteiger charge is -2.24. The van der Waals surface area contributed by atoms with Crippen molar-refractivity contribution in [3.63, 3.8) is 0 Å². The number of hydrogen-bond acceptors (Lipinski definition) is 5. The Bertz CT molecular complexity index is 1070. The summed E-state index contributed by atoms with van der Waals surface area (Å²) in [5.41, 5.74) is 1.89. The lowest BCUT2D eigenvalue weighted by atomic mass is 10.1. The van der Waals surface area contributed by atoms with Crippen molar-refractivity contribution in [1.29, 1.82) is 0 Å². The number of anilines is 1. The van der Waals surface area contributed by atoms with E-state index in [9.17, 15) is 18.0 Å². The fourth-order valence-corrected chi connectivity index (χ4v) is 5.82. The quantitative estimate of drug-likeness (QED) is 0.680. The van der Waals surface area contributed by atoms with Gasteiger partial charge in [0, 0.05) is 30.8 Å². The molecule has 0 N–H and O–H groups in total. The minimum absolute atomic E-state index is 0.178. The smallest absolute Gasteiger partial charge is 0.329 e. The van der Waals surface area contributed by atoms with E-state index in [4.69, 9.17) is 4.74 Å². The Morgan fingerprint density at radius 1 is 0.935 bits per heavy atom. The Kier molecular flexibility index (Phi) is 6.11. The highest BCUT2D eigenvalue weighted by Gasteiger charge is 2.39. The average Bonchev–Trinajstić information content (AvgIpc) is 2.96. The molecule has 0 bridgehead atoms. The zero-order valence-electron chi connectivity index (χ0n) is 17.5. The summed E-state index contributed by atoms with van der Waals surface area (Å²) in [6.07, 6.45) is 4.18. The van der Waals surface area contributed by atoms with Gasteiger partial charge in [0.25, 0.3) is 5.91 Å². The van der Waals surface area contributed by atoms with Crippen LogP contribution in [0.2, 0.25) is 0 Å². The Balaban J connectivity index is 1.61. The summed E-state index contributed by atoms with van der Waals surface area (Å²) in [6.45, 7) is 1.04. The van der Waals surface area contributed by atoms with Gasteiger partial charge in [-0.25, -0.2) is 13.2 Å². The molecule has 4 rings (SSSR count). The lowest BCUT2D eigenvalue weighted by Crippen LogP contribution is -2.43. The summed E-state index contributed by atoms with van der Waals surface area (Å²) in [4.78, 5) is 27.2. The molecule has 1 unspecified atom stereocenters. The predicted molar refractivity (Wildman–Crippen MR) is 116 cm³/mol. The van der Waals surface area contributed by atoms with Crippen LogP contribution in [0, 0.1) is 0 Å². The molecule has 8 heteroatoms. The first-order valence-electron chi connectivity index (χ1n) is 10.5. The Morgan fingerprint density at radius 2 is 1.58 bits per heavy atom. The van der Waals surface area contributed by atoms with E-state index in [0.29, 0.717) is 30.8 Å². The molecule has 164 valence electrons. The van der Waals surface area contributed by atoms with Crippen molar-refractivity contribution in [3.05, 3.63) is 59.7 Å². The molecule has 0 spiro atoms. The van der Waals surface area contributed by atoms with Gasteiger partial charge >= 0.3 is 5.97 Å². The second kappa shape index (κ2) is 8.80. The van der Waals surface area contributed by atoms with Gasteiger partial charge in [0.1, 0.15) is 6.04 Å². The number of ether oxygens (including phenoxy) is 1. The maximum Gasteiger partial charge on any atom is 0.329 e. The van der Waals surface area contributed by atoms with Gasteiger partial charge in [0.05, 0.1) is 12.0 Å². The number of carbonyl (C=O) groups excluding carboxylic acids is 2. The number of sulfonamides is 1. The van der Waals surface area contributed by atoms with Crippen LogP contribution in [0.15, 0.2) is 53.4 Å². The molecule has 2 aliphatic rings. The van der Waals surface area contributed by atoms with Crippen LogP contribution < -0.4 is 4.90 Å². The van der Waals surface area contributed by atoms with Crippen molar-refractivity contribution in [2.24, 2.45) is 0 Å². The normalized spacial score (nSPS) is 19.5.